The van der Waals surface area contributed by atoms with E-state index in [0.29, 0.717) is 69.6 Å². The smallest absolute Gasteiger partial charge is 0.309 e. The highest BCUT2D eigenvalue weighted by Gasteiger charge is 2.29. The summed E-state index contributed by atoms with van der Waals surface area (Å²) in [6.07, 6.45) is 2.48. The number of esters is 1. The van der Waals surface area contributed by atoms with Crippen LogP contribution >= 0.6 is 0 Å². The zero-order valence-corrected chi connectivity index (χ0v) is 20.7. The molecule has 192 valence electrons. The average Bonchev–Trinajstić information content (AvgIpc) is 2.94. The number of carboxylic acids is 1. The van der Waals surface area contributed by atoms with E-state index in [1.165, 1.54) is 0 Å². The SMILES string of the molecule is CCOC(=O)C1CCN(C(=O)c2ccccc2)CC1.O=C(O)C1CCN(C(=O)c2ccccc2)CC1. The molecule has 2 aliphatic heterocycles. The lowest BCUT2D eigenvalue weighted by atomic mass is 9.96. The van der Waals surface area contributed by atoms with Crippen LogP contribution in [0.15, 0.2) is 60.7 Å². The molecule has 0 atom stereocenters. The summed E-state index contributed by atoms with van der Waals surface area (Å²) in [6.45, 7) is 4.54. The Balaban J connectivity index is 0.000000202. The number of likely N-dealkylation sites (tertiary alicyclic amines) is 2. The Morgan fingerprint density at radius 2 is 1.11 bits per heavy atom. The number of piperidine rings is 2. The number of benzene rings is 2. The van der Waals surface area contributed by atoms with Crippen molar-refractivity contribution in [2.24, 2.45) is 11.8 Å². The van der Waals surface area contributed by atoms with Gasteiger partial charge in [-0.15, -0.1) is 0 Å². The summed E-state index contributed by atoms with van der Waals surface area (Å²) >= 11 is 0. The molecule has 8 heteroatoms. The lowest BCUT2D eigenvalue weighted by molar-refractivity contribution is -0.149. The number of carbonyl (C=O) groups is 4. The molecule has 2 saturated heterocycles. The topological polar surface area (TPSA) is 104 Å². The van der Waals surface area contributed by atoms with Crippen LogP contribution in [0, 0.1) is 11.8 Å². The maximum atomic E-state index is 12.2. The first-order valence-electron chi connectivity index (χ1n) is 12.5. The standard InChI is InChI=1S/C15H19NO3.C13H15NO3/c1-2-19-15(18)13-8-10-16(11-9-13)14(17)12-6-4-3-5-7-12;15-12(10-4-2-1-3-5-10)14-8-6-11(7-9-14)13(16)17/h3-7,13H,2,8-11H2,1H3;1-5,11H,6-9H2,(H,16,17). The van der Waals surface area contributed by atoms with E-state index in [4.69, 9.17) is 9.84 Å². The third kappa shape index (κ3) is 7.41. The van der Waals surface area contributed by atoms with Gasteiger partial charge in [0.2, 0.25) is 0 Å². The highest BCUT2D eigenvalue weighted by atomic mass is 16.5. The van der Waals surface area contributed by atoms with Crippen LogP contribution in [-0.4, -0.2) is 71.4 Å². The van der Waals surface area contributed by atoms with E-state index in [0.717, 1.165) is 0 Å². The zero-order chi connectivity index (χ0) is 25.9. The van der Waals surface area contributed by atoms with Crippen LogP contribution in [0.4, 0.5) is 0 Å². The van der Waals surface area contributed by atoms with E-state index in [1.54, 1.807) is 17.0 Å². The largest absolute Gasteiger partial charge is 0.481 e. The zero-order valence-electron chi connectivity index (χ0n) is 20.7. The van der Waals surface area contributed by atoms with Crippen LogP contribution < -0.4 is 0 Å². The van der Waals surface area contributed by atoms with E-state index < -0.39 is 5.97 Å². The number of carboxylic acid groups (broad SMARTS) is 1. The molecule has 0 saturated carbocycles. The summed E-state index contributed by atoms with van der Waals surface area (Å²) in [5.74, 6) is -1.20. The monoisotopic (exact) mass is 494 g/mol. The molecule has 0 bridgehead atoms. The number of nitrogens with zero attached hydrogens (tertiary/aromatic N) is 2. The van der Waals surface area contributed by atoms with Crippen molar-refractivity contribution < 1.29 is 29.0 Å². The first kappa shape index (κ1) is 26.9. The first-order chi connectivity index (χ1) is 17.4. The fourth-order valence-electron chi connectivity index (χ4n) is 4.43. The molecule has 8 nitrogen and oxygen atoms in total. The number of rotatable bonds is 5. The number of hydrogen-bond acceptors (Lipinski definition) is 5. The number of ether oxygens (including phenoxy) is 1. The molecule has 2 heterocycles. The van der Waals surface area contributed by atoms with E-state index >= 15 is 0 Å². The molecule has 2 aliphatic rings. The molecule has 2 amide bonds. The minimum atomic E-state index is -0.753. The molecule has 0 spiro atoms. The molecule has 0 radical (unpaired) electrons. The van der Waals surface area contributed by atoms with Gasteiger partial charge in [-0.05, 0) is 56.9 Å². The van der Waals surface area contributed by atoms with Gasteiger partial charge < -0.3 is 19.6 Å². The van der Waals surface area contributed by atoms with Crippen LogP contribution in [0.5, 0.6) is 0 Å². The number of amides is 2. The van der Waals surface area contributed by atoms with Crippen molar-refractivity contribution in [1.29, 1.82) is 0 Å². The van der Waals surface area contributed by atoms with Crippen LogP contribution in [-0.2, 0) is 14.3 Å². The summed E-state index contributed by atoms with van der Waals surface area (Å²) in [7, 11) is 0. The second kappa shape index (κ2) is 13.4. The third-order valence-electron chi connectivity index (χ3n) is 6.57. The maximum Gasteiger partial charge on any atom is 0.309 e. The molecule has 2 aromatic carbocycles. The van der Waals surface area contributed by atoms with Gasteiger partial charge in [0.05, 0.1) is 18.4 Å². The van der Waals surface area contributed by atoms with Gasteiger partial charge in [-0.3, -0.25) is 19.2 Å². The Labute approximate surface area is 211 Å². The lowest BCUT2D eigenvalue weighted by Gasteiger charge is -2.30. The summed E-state index contributed by atoms with van der Waals surface area (Å²) in [6, 6.07) is 18.3. The molecule has 2 fully saturated rings. The number of hydrogen-bond donors (Lipinski definition) is 1. The molecule has 0 unspecified atom stereocenters. The summed E-state index contributed by atoms with van der Waals surface area (Å²) in [5, 5.41) is 8.88. The quantitative estimate of drug-likeness (QED) is 0.636. The van der Waals surface area contributed by atoms with E-state index in [-0.39, 0.29) is 29.6 Å². The van der Waals surface area contributed by atoms with Gasteiger partial charge in [-0.1, -0.05) is 36.4 Å². The van der Waals surface area contributed by atoms with Gasteiger partial charge in [-0.2, -0.15) is 0 Å². The Kier molecular flexibility index (Phi) is 10.0. The van der Waals surface area contributed by atoms with Gasteiger partial charge in [0.25, 0.3) is 11.8 Å². The average molecular weight is 495 g/mol. The number of aliphatic carboxylic acids is 1. The predicted molar refractivity (Wildman–Crippen MR) is 134 cm³/mol. The predicted octanol–water partition coefficient (Wildman–Crippen LogP) is 3.73. The Bertz CT molecular complexity index is 1010. The van der Waals surface area contributed by atoms with Crippen molar-refractivity contribution in [3.63, 3.8) is 0 Å². The van der Waals surface area contributed by atoms with Crippen LogP contribution in [0.2, 0.25) is 0 Å². The highest BCUT2D eigenvalue weighted by Crippen LogP contribution is 2.21. The van der Waals surface area contributed by atoms with Crippen molar-refractivity contribution >= 4 is 23.8 Å². The summed E-state index contributed by atoms with van der Waals surface area (Å²) < 4.78 is 5.02. The number of carbonyl (C=O) groups excluding carboxylic acids is 3. The fraction of sp³-hybridized carbons (Fsp3) is 0.429. The first-order valence-corrected chi connectivity index (χ1v) is 12.5. The molecular formula is C28H34N2O6. The lowest BCUT2D eigenvalue weighted by Crippen LogP contribution is -2.40. The second-order valence-electron chi connectivity index (χ2n) is 8.96. The molecule has 36 heavy (non-hydrogen) atoms. The van der Waals surface area contributed by atoms with Gasteiger partial charge in [0.15, 0.2) is 0 Å². The van der Waals surface area contributed by atoms with Gasteiger partial charge in [0.1, 0.15) is 0 Å². The van der Waals surface area contributed by atoms with Crippen LogP contribution in [0.25, 0.3) is 0 Å². The minimum absolute atomic E-state index is 0.00515. The molecule has 0 aromatic heterocycles. The Morgan fingerprint density at radius 3 is 1.47 bits per heavy atom. The van der Waals surface area contributed by atoms with Crippen molar-refractivity contribution in [1.82, 2.24) is 9.80 Å². The summed E-state index contributed by atoms with van der Waals surface area (Å²) in [4.78, 5) is 50.2. The van der Waals surface area contributed by atoms with E-state index in [9.17, 15) is 19.2 Å². The molecular weight excluding hydrogens is 460 g/mol. The van der Waals surface area contributed by atoms with Crippen molar-refractivity contribution in [2.45, 2.75) is 32.6 Å². The van der Waals surface area contributed by atoms with Crippen molar-refractivity contribution in [2.75, 3.05) is 32.8 Å². The van der Waals surface area contributed by atoms with Crippen LogP contribution in [0.1, 0.15) is 53.3 Å². The summed E-state index contributed by atoms with van der Waals surface area (Å²) in [5.41, 5.74) is 1.37. The van der Waals surface area contributed by atoms with Gasteiger partial charge >= 0.3 is 11.9 Å². The van der Waals surface area contributed by atoms with Crippen molar-refractivity contribution in [3.8, 4) is 0 Å². The minimum Gasteiger partial charge on any atom is -0.481 e. The highest BCUT2D eigenvalue weighted by molar-refractivity contribution is 5.94. The van der Waals surface area contributed by atoms with Gasteiger partial charge in [-0.25, -0.2) is 0 Å². The Morgan fingerprint density at radius 1 is 0.722 bits per heavy atom. The van der Waals surface area contributed by atoms with Gasteiger partial charge in [0, 0.05) is 37.3 Å². The molecule has 2 aromatic rings. The van der Waals surface area contributed by atoms with E-state index in [1.807, 2.05) is 60.4 Å². The fourth-order valence-corrected chi connectivity index (χ4v) is 4.43. The van der Waals surface area contributed by atoms with Crippen LogP contribution in [0.3, 0.4) is 0 Å². The second-order valence-corrected chi connectivity index (χ2v) is 8.96. The maximum absolute atomic E-state index is 12.2. The molecule has 0 aliphatic carbocycles. The third-order valence-corrected chi connectivity index (χ3v) is 6.57. The Hall–Kier alpha value is -3.68. The molecule has 1 N–H and O–H groups in total. The van der Waals surface area contributed by atoms with E-state index in [2.05, 4.69) is 0 Å². The van der Waals surface area contributed by atoms with Crippen molar-refractivity contribution in [3.05, 3.63) is 71.8 Å². The normalized spacial score (nSPS) is 16.5. The molecule has 4 rings (SSSR count).